The summed E-state index contributed by atoms with van der Waals surface area (Å²) in [5.74, 6) is -2.27. The van der Waals surface area contributed by atoms with Gasteiger partial charge in [0.1, 0.15) is 18.0 Å². The van der Waals surface area contributed by atoms with E-state index in [-0.39, 0.29) is 25.5 Å². The van der Waals surface area contributed by atoms with Crippen LogP contribution >= 0.6 is 0 Å². The third kappa shape index (κ3) is 6.60. The van der Waals surface area contributed by atoms with Gasteiger partial charge in [-0.15, -0.1) is 0 Å². The third-order valence-electron chi connectivity index (χ3n) is 5.60. The number of carbonyl (C=O) groups is 4. The Kier molecular flexibility index (Phi) is 7.99. The highest BCUT2D eigenvalue weighted by Crippen LogP contribution is 2.44. The fourth-order valence-corrected chi connectivity index (χ4v) is 4.01. The first-order valence-electron chi connectivity index (χ1n) is 11.5. The van der Waals surface area contributed by atoms with Crippen LogP contribution in [0.1, 0.15) is 50.7 Å². The Morgan fingerprint density at radius 3 is 2.03 bits per heavy atom. The van der Waals surface area contributed by atoms with Crippen LogP contribution in [-0.4, -0.2) is 53.5 Å². The van der Waals surface area contributed by atoms with E-state index >= 15 is 0 Å². The number of benzene rings is 2. The Hall–Kier alpha value is -3.92. The van der Waals surface area contributed by atoms with Crippen LogP contribution in [0.2, 0.25) is 0 Å². The molecule has 192 valence electrons. The lowest BCUT2D eigenvalue weighted by atomic mass is 9.98. The molecular weight excluding hydrogens is 466 g/mol. The molecule has 1 atom stereocenters. The predicted octanol–water partition coefficient (Wildman–Crippen LogP) is 3.14. The molecule has 3 rings (SSSR count). The van der Waals surface area contributed by atoms with Crippen molar-refractivity contribution >= 4 is 23.9 Å². The molecule has 0 aliphatic heterocycles. The lowest BCUT2D eigenvalue weighted by Crippen LogP contribution is -2.63. The lowest BCUT2D eigenvalue weighted by Gasteiger charge is -2.27. The van der Waals surface area contributed by atoms with Crippen LogP contribution < -0.4 is 16.4 Å². The Labute approximate surface area is 209 Å². The number of Topliss-reactive ketones (excluding diaryl/α,β-unsaturated/α-hetero) is 1. The molecule has 0 fully saturated rings. The van der Waals surface area contributed by atoms with E-state index in [1.54, 1.807) is 20.8 Å². The van der Waals surface area contributed by atoms with Crippen molar-refractivity contribution in [2.75, 3.05) is 13.2 Å². The fraction of sp³-hybridized carbons (Fsp3) is 0.385. The standard InChI is InChI=1S/C26H31N3O7/c1-25(2,3)36-24(34)29-26(27,22(31)32)14-16(30)12-13-28-23(33)35-15-21-19-10-6-4-8-17(19)18-9-5-7-11-20(18)21/h4-11,21H,12-15,27H2,1-3H3,(H,28,33)(H,29,34)(H,31,32)/t26-/m0/s1. The third-order valence-corrected chi connectivity index (χ3v) is 5.60. The van der Waals surface area contributed by atoms with Gasteiger partial charge in [0.15, 0.2) is 5.66 Å². The summed E-state index contributed by atoms with van der Waals surface area (Å²) >= 11 is 0. The number of carboxylic acid groups (broad SMARTS) is 1. The molecule has 0 unspecified atom stereocenters. The van der Waals surface area contributed by atoms with Crippen molar-refractivity contribution in [3.8, 4) is 11.1 Å². The second-order valence-corrected chi connectivity index (χ2v) is 9.62. The molecule has 10 heteroatoms. The Balaban J connectivity index is 1.48. The zero-order valence-corrected chi connectivity index (χ0v) is 20.5. The SMILES string of the molecule is CC(C)(C)OC(=O)N[C@@](N)(CC(=O)CCNC(=O)OCC1c2ccccc2-c2ccccc21)C(=O)O. The van der Waals surface area contributed by atoms with Gasteiger partial charge in [0.25, 0.3) is 0 Å². The van der Waals surface area contributed by atoms with E-state index in [4.69, 9.17) is 15.2 Å². The summed E-state index contributed by atoms with van der Waals surface area (Å²) in [4.78, 5) is 48.1. The Morgan fingerprint density at radius 2 is 1.50 bits per heavy atom. The largest absolute Gasteiger partial charge is 0.478 e. The number of ketones is 1. The van der Waals surface area contributed by atoms with Crippen molar-refractivity contribution in [2.45, 2.75) is 50.8 Å². The smallest absolute Gasteiger partial charge is 0.409 e. The van der Waals surface area contributed by atoms with Crippen molar-refractivity contribution in [3.05, 3.63) is 59.7 Å². The van der Waals surface area contributed by atoms with Crippen LogP contribution in [0.3, 0.4) is 0 Å². The van der Waals surface area contributed by atoms with Crippen molar-refractivity contribution in [2.24, 2.45) is 5.73 Å². The molecule has 0 bridgehead atoms. The highest BCUT2D eigenvalue weighted by molar-refractivity contribution is 5.91. The van der Waals surface area contributed by atoms with Crippen LogP contribution in [-0.2, 0) is 19.1 Å². The molecule has 36 heavy (non-hydrogen) atoms. The monoisotopic (exact) mass is 497 g/mol. The number of nitrogens with two attached hydrogens (primary N) is 1. The first-order chi connectivity index (χ1) is 16.9. The van der Waals surface area contributed by atoms with E-state index in [0.717, 1.165) is 22.3 Å². The molecule has 0 heterocycles. The number of aliphatic carboxylic acids is 1. The number of carbonyl (C=O) groups excluding carboxylic acids is 3. The maximum atomic E-state index is 12.3. The molecular formula is C26H31N3O7. The van der Waals surface area contributed by atoms with Gasteiger partial charge in [-0.3, -0.25) is 15.8 Å². The van der Waals surface area contributed by atoms with E-state index < -0.39 is 41.6 Å². The summed E-state index contributed by atoms with van der Waals surface area (Å²) < 4.78 is 10.4. The number of hydrogen-bond donors (Lipinski definition) is 4. The molecule has 10 nitrogen and oxygen atoms in total. The maximum absolute atomic E-state index is 12.3. The number of nitrogens with one attached hydrogen (secondary N) is 2. The van der Waals surface area contributed by atoms with Crippen LogP contribution in [0.25, 0.3) is 11.1 Å². The van der Waals surface area contributed by atoms with Gasteiger partial charge in [-0.25, -0.2) is 14.4 Å². The van der Waals surface area contributed by atoms with Gasteiger partial charge in [-0.2, -0.15) is 0 Å². The van der Waals surface area contributed by atoms with Crippen LogP contribution in [0.5, 0.6) is 0 Å². The highest BCUT2D eigenvalue weighted by atomic mass is 16.6. The van der Waals surface area contributed by atoms with E-state index in [0.29, 0.717) is 0 Å². The lowest BCUT2D eigenvalue weighted by molar-refractivity contribution is -0.146. The van der Waals surface area contributed by atoms with Gasteiger partial charge in [0.2, 0.25) is 0 Å². The summed E-state index contributed by atoms with van der Waals surface area (Å²) in [5.41, 5.74) is 6.89. The minimum atomic E-state index is -2.34. The molecule has 0 spiro atoms. The molecule has 5 N–H and O–H groups in total. The molecule has 2 aromatic carbocycles. The van der Waals surface area contributed by atoms with E-state index in [1.807, 2.05) is 53.8 Å². The highest BCUT2D eigenvalue weighted by Gasteiger charge is 2.39. The summed E-state index contributed by atoms with van der Waals surface area (Å²) in [6.45, 7) is 4.85. The summed E-state index contributed by atoms with van der Waals surface area (Å²) in [7, 11) is 0. The van der Waals surface area contributed by atoms with Crippen molar-refractivity contribution in [1.29, 1.82) is 0 Å². The molecule has 0 radical (unpaired) electrons. The zero-order chi connectivity index (χ0) is 26.5. The molecule has 2 amide bonds. The van der Waals surface area contributed by atoms with Gasteiger partial charge < -0.3 is 19.9 Å². The second-order valence-electron chi connectivity index (χ2n) is 9.62. The molecule has 1 aliphatic rings. The summed E-state index contributed by atoms with van der Waals surface area (Å²) in [6, 6.07) is 15.9. The normalized spacial score (nSPS) is 14.1. The number of amides is 2. The summed E-state index contributed by atoms with van der Waals surface area (Å²) in [5, 5.41) is 13.9. The average Bonchev–Trinajstić information content (AvgIpc) is 3.10. The predicted molar refractivity (Wildman–Crippen MR) is 131 cm³/mol. The molecule has 1 aliphatic carbocycles. The first-order valence-corrected chi connectivity index (χ1v) is 11.5. The summed E-state index contributed by atoms with van der Waals surface area (Å²) in [6.07, 6.45) is -2.65. The second kappa shape index (κ2) is 10.8. The average molecular weight is 498 g/mol. The fourth-order valence-electron chi connectivity index (χ4n) is 4.01. The van der Waals surface area contributed by atoms with Gasteiger partial charge in [-0.1, -0.05) is 48.5 Å². The molecule has 0 aromatic heterocycles. The molecule has 0 saturated heterocycles. The number of ether oxygens (including phenoxy) is 2. The number of rotatable bonds is 9. The minimum absolute atomic E-state index is 0.0857. The topological polar surface area (TPSA) is 157 Å². The first kappa shape index (κ1) is 26.7. The van der Waals surface area contributed by atoms with E-state index in [9.17, 15) is 24.3 Å². The van der Waals surface area contributed by atoms with Crippen LogP contribution in [0.15, 0.2) is 48.5 Å². The quantitative estimate of drug-likeness (QED) is 0.385. The van der Waals surface area contributed by atoms with Gasteiger partial charge >= 0.3 is 18.2 Å². The molecule has 0 saturated carbocycles. The van der Waals surface area contributed by atoms with Crippen molar-refractivity contribution < 1.29 is 33.8 Å². The van der Waals surface area contributed by atoms with Gasteiger partial charge in [-0.05, 0) is 43.0 Å². The van der Waals surface area contributed by atoms with Crippen LogP contribution in [0, 0.1) is 0 Å². The van der Waals surface area contributed by atoms with Crippen LogP contribution in [0.4, 0.5) is 9.59 Å². The number of fused-ring (bicyclic) bond motifs is 3. The Morgan fingerprint density at radius 1 is 0.944 bits per heavy atom. The van der Waals surface area contributed by atoms with E-state index in [2.05, 4.69) is 5.32 Å². The van der Waals surface area contributed by atoms with E-state index in [1.165, 1.54) is 0 Å². The Bertz CT molecular complexity index is 1110. The number of alkyl carbamates (subject to hydrolysis) is 2. The number of hydrogen-bond acceptors (Lipinski definition) is 7. The maximum Gasteiger partial charge on any atom is 0.409 e. The molecule has 2 aromatic rings. The van der Waals surface area contributed by atoms with Gasteiger partial charge in [0, 0.05) is 18.9 Å². The van der Waals surface area contributed by atoms with Gasteiger partial charge in [0.05, 0.1) is 6.42 Å². The van der Waals surface area contributed by atoms with Crippen molar-refractivity contribution in [3.63, 3.8) is 0 Å². The minimum Gasteiger partial charge on any atom is -0.478 e. The van der Waals surface area contributed by atoms with Crippen molar-refractivity contribution in [1.82, 2.24) is 10.6 Å². The zero-order valence-electron chi connectivity index (χ0n) is 20.5. The number of carboxylic acids is 1.